The number of alkyl halides is 3. The van der Waals surface area contributed by atoms with Crippen LogP contribution in [0.25, 0.3) is 11.1 Å². The Balaban J connectivity index is 1.72. The van der Waals surface area contributed by atoms with Crippen LogP contribution in [0, 0.1) is 0 Å². The maximum atomic E-state index is 14.0. The van der Waals surface area contributed by atoms with Gasteiger partial charge in [0, 0.05) is 12.1 Å². The van der Waals surface area contributed by atoms with Crippen LogP contribution in [0.2, 0.25) is 0 Å². The molecule has 3 unspecified atom stereocenters. The first-order chi connectivity index (χ1) is 16.0. The second kappa shape index (κ2) is 9.25. The Morgan fingerprint density at radius 3 is 2.38 bits per heavy atom. The predicted octanol–water partition coefficient (Wildman–Crippen LogP) is 0.534. The lowest BCUT2D eigenvalue weighted by Crippen LogP contribution is -2.60. The number of amides is 1. The Bertz CT molecular complexity index is 1080. The van der Waals surface area contributed by atoms with E-state index in [-0.39, 0.29) is 11.5 Å². The lowest BCUT2D eigenvalue weighted by atomic mass is 9.87. The SMILES string of the molecule is O=C1NCCc2ccc(-c3ccc([C@H](O)[C@H]4OC(CO)[C@@H](O)C(O)C4O)c(C(F)(F)F)c3)cc21. The Morgan fingerprint density at radius 1 is 1.03 bits per heavy atom. The van der Waals surface area contributed by atoms with Crippen molar-refractivity contribution < 1.29 is 48.2 Å². The Kier molecular flexibility index (Phi) is 6.69. The molecule has 0 bridgehead atoms. The molecule has 2 heterocycles. The van der Waals surface area contributed by atoms with Gasteiger partial charge in [-0.3, -0.25) is 4.79 Å². The molecule has 6 N–H and O–H groups in total. The quantitative estimate of drug-likeness (QED) is 0.373. The highest BCUT2D eigenvalue weighted by Crippen LogP contribution is 2.40. The summed E-state index contributed by atoms with van der Waals surface area (Å²) in [6.07, 6.45) is -14.9. The highest BCUT2D eigenvalue weighted by molar-refractivity contribution is 5.98. The van der Waals surface area contributed by atoms with Crippen molar-refractivity contribution in [1.29, 1.82) is 0 Å². The van der Waals surface area contributed by atoms with Crippen LogP contribution < -0.4 is 5.32 Å². The average Bonchev–Trinajstić information content (AvgIpc) is 2.81. The Hall–Kier alpha value is -2.54. The van der Waals surface area contributed by atoms with Gasteiger partial charge in [0.05, 0.1) is 12.2 Å². The summed E-state index contributed by atoms with van der Waals surface area (Å²) in [4.78, 5) is 12.1. The zero-order chi connectivity index (χ0) is 24.8. The molecular formula is C23H24F3NO7. The summed E-state index contributed by atoms with van der Waals surface area (Å²) in [7, 11) is 0. The number of aliphatic hydroxyl groups excluding tert-OH is 5. The lowest BCUT2D eigenvalue weighted by molar-refractivity contribution is -0.250. The molecule has 0 radical (unpaired) electrons. The Labute approximate surface area is 192 Å². The zero-order valence-corrected chi connectivity index (χ0v) is 17.7. The molecule has 6 atom stereocenters. The molecule has 2 aliphatic heterocycles. The molecule has 1 saturated heterocycles. The van der Waals surface area contributed by atoms with Crippen molar-refractivity contribution >= 4 is 5.91 Å². The van der Waals surface area contributed by atoms with Gasteiger partial charge < -0.3 is 35.6 Å². The number of rotatable bonds is 4. The van der Waals surface area contributed by atoms with Crippen molar-refractivity contribution in [3.63, 3.8) is 0 Å². The number of fused-ring (bicyclic) bond motifs is 1. The molecule has 0 aliphatic carbocycles. The van der Waals surface area contributed by atoms with Crippen LogP contribution in [0.4, 0.5) is 13.2 Å². The van der Waals surface area contributed by atoms with E-state index in [0.29, 0.717) is 24.1 Å². The van der Waals surface area contributed by atoms with Gasteiger partial charge in [0.15, 0.2) is 0 Å². The predicted molar refractivity (Wildman–Crippen MR) is 112 cm³/mol. The number of hydrogen-bond acceptors (Lipinski definition) is 7. The average molecular weight is 483 g/mol. The second-order valence-electron chi connectivity index (χ2n) is 8.42. The van der Waals surface area contributed by atoms with Crippen molar-refractivity contribution in [2.45, 2.75) is 49.2 Å². The number of hydrogen-bond donors (Lipinski definition) is 6. The monoisotopic (exact) mass is 483 g/mol. The first-order valence-electron chi connectivity index (χ1n) is 10.6. The second-order valence-corrected chi connectivity index (χ2v) is 8.42. The summed E-state index contributed by atoms with van der Waals surface area (Å²) in [6.45, 7) is -0.306. The normalized spacial score (nSPS) is 28.2. The summed E-state index contributed by atoms with van der Waals surface area (Å²) in [6, 6.07) is 8.00. The number of aliphatic hydroxyl groups is 5. The molecule has 0 spiro atoms. The molecule has 11 heteroatoms. The van der Waals surface area contributed by atoms with Crippen LogP contribution in [0.3, 0.4) is 0 Å². The third-order valence-electron chi connectivity index (χ3n) is 6.29. The van der Waals surface area contributed by atoms with Gasteiger partial charge in [-0.15, -0.1) is 0 Å². The fraction of sp³-hybridized carbons (Fsp3) is 0.435. The molecule has 1 amide bonds. The lowest BCUT2D eigenvalue weighted by Gasteiger charge is -2.42. The number of carbonyl (C=O) groups excluding carboxylic acids is 1. The number of halogens is 3. The number of ether oxygens (including phenoxy) is 1. The standard InChI is InChI=1S/C23H24F3NO7/c24-23(25,26)15-8-12(11-2-1-10-5-6-27-22(33)14(10)7-11)3-4-13(15)17(29)21-20(32)19(31)18(30)16(9-28)34-21/h1-4,7-8,16-21,28-32H,5-6,9H2,(H,27,33)/t16?,17-,18+,19?,20?,21+/m0/s1. The van der Waals surface area contributed by atoms with E-state index in [4.69, 9.17) is 4.74 Å². The molecule has 1 fully saturated rings. The number of carbonyl (C=O) groups is 1. The maximum absolute atomic E-state index is 14.0. The largest absolute Gasteiger partial charge is 0.416 e. The van der Waals surface area contributed by atoms with Gasteiger partial charge in [-0.05, 0) is 40.8 Å². The highest BCUT2D eigenvalue weighted by atomic mass is 19.4. The minimum atomic E-state index is -4.90. The summed E-state index contributed by atoms with van der Waals surface area (Å²) < 4.78 is 47.2. The number of benzene rings is 2. The molecule has 2 aliphatic rings. The molecular weight excluding hydrogens is 459 g/mol. The fourth-order valence-electron chi connectivity index (χ4n) is 4.40. The van der Waals surface area contributed by atoms with E-state index in [1.165, 1.54) is 12.1 Å². The van der Waals surface area contributed by atoms with Gasteiger partial charge >= 0.3 is 6.18 Å². The molecule has 4 rings (SSSR count). The first-order valence-corrected chi connectivity index (χ1v) is 10.6. The van der Waals surface area contributed by atoms with Crippen molar-refractivity contribution in [2.24, 2.45) is 0 Å². The van der Waals surface area contributed by atoms with Crippen molar-refractivity contribution in [2.75, 3.05) is 13.2 Å². The van der Waals surface area contributed by atoms with Crippen LogP contribution in [-0.2, 0) is 17.3 Å². The molecule has 0 aromatic heterocycles. The number of nitrogens with one attached hydrogen (secondary N) is 1. The van der Waals surface area contributed by atoms with Gasteiger partial charge in [0.25, 0.3) is 5.91 Å². The molecule has 8 nitrogen and oxygen atoms in total. The third kappa shape index (κ3) is 4.42. The smallest absolute Gasteiger partial charge is 0.394 e. The van der Waals surface area contributed by atoms with E-state index in [1.54, 1.807) is 12.1 Å². The third-order valence-corrected chi connectivity index (χ3v) is 6.29. The fourth-order valence-corrected chi connectivity index (χ4v) is 4.40. The van der Waals surface area contributed by atoms with Gasteiger partial charge in [-0.25, -0.2) is 0 Å². The van der Waals surface area contributed by atoms with Gasteiger partial charge in [0.1, 0.15) is 36.6 Å². The van der Waals surface area contributed by atoms with E-state index in [0.717, 1.165) is 17.7 Å². The molecule has 34 heavy (non-hydrogen) atoms. The van der Waals surface area contributed by atoms with E-state index in [2.05, 4.69) is 5.32 Å². The maximum Gasteiger partial charge on any atom is 0.416 e. The summed E-state index contributed by atoms with van der Waals surface area (Å²) in [5.74, 6) is -0.311. The molecule has 0 saturated carbocycles. The first kappa shape index (κ1) is 24.6. The van der Waals surface area contributed by atoms with Crippen LogP contribution in [0.5, 0.6) is 0 Å². The van der Waals surface area contributed by atoms with E-state index >= 15 is 0 Å². The van der Waals surface area contributed by atoms with Crippen molar-refractivity contribution in [3.05, 3.63) is 58.7 Å². The Morgan fingerprint density at radius 2 is 1.71 bits per heavy atom. The van der Waals surface area contributed by atoms with Gasteiger partial charge in [-0.2, -0.15) is 13.2 Å². The van der Waals surface area contributed by atoms with Crippen LogP contribution in [0.15, 0.2) is 36.4 Å². The van der Waals surface area contributed by atoms with Crippen LogP contribution in [-0.4, -0.2) is 75.1 Å². The van der Waals surface area contributed by atoms with Crippen LogP contribution >= 0.6 is 0 Å². The van der Waals surface area contributed by atoms with Crippen molar-refractivity contribution in [1.82, 2.24) is 5.32 Å². The summed E-state index contributed by atoms with van der Waals surface area (Å²) >= 11 is 0. The van der Waals surface area contributed by atoms with Gasteiger partial charge in [0.2, 0.25) is 0 Å². The molecule has 184 valence electrons. The minimum Gasteiger partial charge on any atom is -0.394 e. The summed E-state index contributed by atoms with van der Waals surface area (Å²) in [5.41, 5.74) is -0.123. The topological polar surface area (TPSA) is 139 Å². The van der Waals surface area contributed by atoms with Crippen molar-refractivity contribution in [3.8, 4) is 11.1 Å². The van der Waals surface area contributed by atoms with E-state index in [1.807, 2.05) is 0 Å². The van der Waals surface area contributed by atoms with Crippen LogP contribution in [0.1, 0.15) is 33.2 Å². The molecule has 2 aromatic carbocycles. The minimum absolute atomic E-state index is 0.151. The summed E-state index contributed by atoms with van der Waals surface area (Å²) in [5, 5.41) is 52.8. The molecule has 2 aromatic rings. The highest BCUT2D eigenvalue weighted by Gasteiger charge is 2.48. The zero-order valence-electron chi connectivity index (χ0n) is 17.7. The van der Waals surface area contributed by atoms with E-state index < -0.39 is 60.5 Å². The van der Waals surface area contributed by atoms with Gasteiger partial charge in [-0.1, -0.05) is 24.3 Å². The van der Waals surface area contributed by atoms with E-state index in [9.17, 15) is 43.5 Å².